The van der Waals surface area contributed by atoms with E-state index in [4.69, 9.17) is 5.14 Å². The van der Waals surface area contributed by atoms with Crippen LogP contribution in [0, 0.1) is 0 Å². The zero-order valence-electron chi connectivity index (χ0n) is 8.96. The topological polar surface area (TPSA) is 72.2 Å². The fraction of sp³-hybridized carbons (Fsp3) is 1.00. The Bertz CT molecular complexity index is 215. The van der Waals surface area contributed by atoms with Crippen molar-refractivity contribution in [1.29, 1.82) is 0 Å². The fourth-order valence-corrected chi connectivity index (χ4v) is 1.62. The number of unbranched alkanes of at least 4 members (excludes halogenated alkanes) is 4. The SMILES string of the molecule is CCCCCCCNCCS(N)(=O)=O. The summed E-state index contributed by atoms with van der Waals surface area (Å²) in [6.07, 6.45) is 6.14. The molecule has 0 atom stereocenters. The summed E-state index contributed by atoms with van der Waals surface area (Å²) in [6, 6.07) is 0. The van der Waals surface area contributed by atoms with Gasteiger partial charge in [-0.1, -0.05) is 32.6 Å². The normalized spacial score (nSPS) is 11.9. The summed E-state index contributed by atoms with van der Waals surface area (Å²) in [5.74, 6) is 0.0297. The number of primary sulfonamides is 1. The molecule has 0 aromatic rings. The van der Waals surface area contributed by atoms with Gasteiger partial charge < -0.3 is 5.32 Å². The molecule has 0 saturated carbocycles. The minimum absolute atomic E-state index is 0.0297. The third-order valence-corrected chi connectivity index (χ3v) is 2.79. The first-order valence-corrected chi connectivity index (χ1v) is 6.99. The van der Waals surface area contributed by atoms with Crippen molar-refractivity contribution in [2.24, 2.45) is 5.14 Å². The van der Waals surface area contributed by atoms with Crippen LogP contribution in [0.5, 0.6) is 0 Å². The van der Waals surface area contributed by atoms with Crippen molar-refractivity contribution < 1.29 is 8.42 Å². The van der Waals surface area contributed by atoms with E-state index in [0.717, 1.165) is 13.0 Å². The van der Waals surface area contributed by atoms with E-state index in [1.54, 1.807) is 0 Å². The molecule has 0 spiro atoms. The minimum atomic E-state index is -3.29. The molecule has 0 rings (SSSR count). The summed E-state index contributed by atoms with van der Waals surface area (Å²) >= 11 is 0. The molecule has 3 N–H and O–H groups in total. The van der Waals surface area contributed by atoms with E-state index < -0.39 is 10.0 Å². The quantitative estimate of drug-likeness (QED) is 0.568. The molecule has 0 aliphatic rings. The molecule has 0 heterocycles. The van der Waals surface area contributed by atoms with E-state index in [1.165, 1.54) is 25.7 Å². The van der Waals surface area contributed by atoms with Gasteiger partial charge in [-0.05, 0) is 13.0 Å². The number of nitrogens with one attached hydrogen (secondary N) is 1. The number of rotatable bonds is 9. The molecule has 0 unspecified atom stereocenters. The standard InChI is InChI=1S/C9H22N2O2S/c1-2-3-4-5-6-7-11-8-9-14(10,12)13/h11H,2-9H2,1H3,(H2,10,12,13). The summed E-state index contributed by atoms with van der Waals surface area (Å²) in [7, 11) is -3.29. The van der Waals surface area contributed by atoms with Crippen molar-refractivity contribution in [2.45, 2.75) is 39.0 Å². The first-order valence-electron chi connectivity index (χ1n) is 5.27. The van der Waals surface area contributed by atoms with Crippen molar-refractivity contribution in [3.05, 3.63) is 0 Å². The molecular weight excluding hydrogens is 200 g/mol. The third kappa shape index (κ3) is 11.9. The van der Waals surface area contributed by atoms with Gasteiger partial charge in [0.1, 0.15) is 0 Å². The Labute approximate surface area is 87.3 Å². The summed E-state index contributed by atoms with van der Waals surface area (Å²) < 4.78 is 21.1. The summed E-state index contributed by atoms with van der Waals surface area (Å²) in [6.45, 7) is 3.54. The highest BCUT2D eigenvalue weighted by molar-refractivity contribution is 7.89. The Kier molecular flexibility index (Phi) is 8.12. The Hall–Kier alpha value is -0.130. The summed E-state index contributed by atoms with van der Waals surface area (Å²) in [5.41, 5.74) is 0. The molecule has 0 aromatic heterocycles. The lowest BCUT2D eigenvalue weighted by Crippen LogP contribution is -2.27. The molecule has 0 radical (unpaired) electrons. The van der Waals surface area contributed by atoms with E-state index in [1.807, 2.05) is 0 Å². The molecule has 5 heteroatoms. The smallest absolute Gasteiger partial charge is 0.210 e. The van der Waals surface area contributed by atoms with Gasteiger partial charge in [0.05, 0.1) is 5.75 Å². The highest BCUT2D eigenvalue weighted by Gasteiger charge is 2.00. The maximum Gasteiger partial charge on any atom is 0.210 e. The molecule has 4 nitrogen and oxygen atoms in total. The summed E-state index contributed by atoms with van der Waals surface area (Å²) in [4.78, 5) is 0. The first-order chi connectivity index (χ1) is 6.56. The van der Waals surface area contributed by atoms with Gasteiger partial charge in [0.2, 0.25) is 10.0 Å². The van der Waals surface area contributed by atoms with Crippen LogP contribution in [-0.2, 0) is 10.0 Å². The number of hydrogen-bond donors (Lipinski definition) is 2. The van der Waals surface area contributed by atoms with Crippen LogP contribution >= 0.6 is 0 Å². The number of hydrogen-bond acceptors (Lipinski definition) is 3. The molecule has 0 aromatic carbocycles. The largest absolute Gasteiger partial charge is 0.316 e. The molecule has 0 fully saturated rings. The van der Waals surface area contributed by atoms with E-state index in [9.17, 15) is 8.42 Å². The summed E-state index contributed by atoms with van der Waals surface area (Å²) in [5, 5.41) is 7.91. The van der Waals surface area contributed by atoms with Gasteiger partial charge >= 0.3 is 0 Å². The molecule has 0 aliphatic heterocycles. The van der Waals surface area contributed by atoms with Gasteiger partial charge in [0.15, 0.2) is 0 Å². The molecule has 0 bridgehead atoms. The third-order valence-electron chi connectivity index (χ3n) is 2.02. The molecule has 14 heavy (non-hydrogen) atoms. The average molecular weight is 222 g/mol. The van der Waals surface area contributed by atoms with Crippen LogP contribution in [-0.4, -0.2) is 27.3 Å². The molecular formula is C9H22N2O2S. The molecule has 0 amide bonds. The van der Waals surface area contributed by atoms with Crippen molar-refractivity contribution in [2.75, 3.05) is 18.8 Å². The van der Waals surface area contributed by atoms with Crippen molar-refractivity contribution >= 4 is 10.0 Å². The number of nitrogens with two attached hydrogens (primary N) is 1. The predicted octanol–water partition coefficient (Wildman–Crippen LogP) is 0.835. The van der Waals surface area contributed by atoms with Gasteiger partial charge in [0, 0.05) is 6.54 Å². The van der Waals surface area contributed by atoms with Gasteiger partial charge in [-0.2, -0.15) is 0 Å². The van der Waals surface area contributed by atoms with Crippen LogP contribution in [0.15, 0.2) is 0 Å². The molecule has 86 valence electrons. The second-order valence-corrected chi connectivity index (χ2v) is 5.27. The van der Waals surface area contributed by atoms with Crippen LogP contribution in [0.1, 0.15) is 39.0 Å². The zero-order valence-corrected chi connectivity index (χ0v) is 9.78. The lowest BCUT2D eigenvalue weighted by molar-refractivity contribution is 0.579. The minimum Gasteiger partial charge on any atom is -0.316 e. The molecule has 0 saturated heterocycles. The van der Waals surface area contributed by atoms with Crippen molar-refractivity contribution in [3.8, 4) is 0 Å². The van der Waals surface area contributed by atoms with Crippen molar-refractivity contribution in [1.82, 2.24) is 5.32 Å². The lowest BCUT2D eigenvalue weighted by atomic mass is 10.1. The predicted molar refractivity (Wildman–Crippen MR) is 59.6 cm³/mol. The Morgan fingerprint density at radius 1 is 1.07 bits per heavy atom. The number of sulfonamides is 1. The van der Waals surface area contributed by atoms with Gasteiger partial charge in [-0.3, -0.25) is 0 Å². The average Bonchev–Trinajstić information content (AvgIpc) is 2.08. The van der Waals surface area contributed by atoms with Gasteiger partial charge in [-0.25, -0.2) is 13.6 Å². The van der Waals surface area contributed by atoms with Crippen LogP contribution < -0.4 is 10.5 Å². The van der Waals surface area contributed by atoms with E-state index in [-0.39, 0.29) is 5.75 Å². The van der Waals surface area contributed by atoms with Crippen molar-refractivity contribution in [3.63, 3.8) is 0 Å². The van der Waals surface area contributed by atoms with Gasteiger partial charge in [0.25, 0.3) is 0 Å². The van der Waals surface area contributed by atoms with E-state index >= 15 is 0 Å². The van der Waals surface area contributed by atoms with E-state index in [0.29, 0.717) is 6.54 Å². The first kappa shape index (κ1) is 13.9. The zero-order chi connectivity index (χ0) is 10.9. The van der Waals surface area contributed by atoms with E-state index in [2.05, 4.69) is 12.2 Å². The van der Waals surface area contributed by atoms with Crippen LogP contribution in [0.4, 0.5) is 0 Å². The second-order valence-electron chi connectivity index (χ2n) is 3.53. The van der Waals surface area contributed by atoms with Crippen LogP contribution in [0.3, 0.4) is 0 Å². The van der Waals surface area contributed by atoms with Crippen LogP contribution in [0.25, 0.3) is 0 Å². The maximum atomic E-state index is 10.5. The maximum absolute atomic E-state index is 10.5. The Morgan fingerprint density at radius 2 is 1.71 bits per heavy atom. The highest BCUT2D eigenvalue weighted by atomic mass is 32.2. The van der Waals surface area contributed by atoms with Crippen LogP contribution in [0.2, 0.25) is 0 Å². The monoisotopic (exact) mass is 222 g/mol. The molecule has 0 aliphatic carbocycles. The second kappa shape index (κ2) is 8.20. The van der Waals surface area contributed by atoms with Gasteiger partial charge in [-0.15, -0.1) is 0 Å². The highest BCUT2D eigenvalue weighted by Crippen LogP contribution is 2.00. The Morgan fingerprint density at radius 3 is 2.29 bits per heavy atom. The lowest BCUT2D eigenvalue weighted by Gasteiger charge is -2.03. The fourth-order valence-electron chi connectivity index (χ4n) is 1.19. The Balaban J connectivity index is 3.07.